The molecule has 242 valence electrons. The van der Waals surface area contributed by atoms with Crippen molar-refractivity contribution in [2.24, 2.45) is 0 Å². The van der Waals surface area contributed by atoms with Gasteiger partial charge >= 0.3 is 29.8 Å². The zero-order valence-corrected chi connectivity index (χ0v) is 25.8. The molecule has 2 aromatic rings. The molecule has 0 unspecified atom stereocenters. The van der Waals surface area contributed by atoms with Gasteiger partial charge < -0.3 is 33.4 Å². The van der Waals surface area contributed by atoms with Crippen LogP contribution >= 0.6 is 0 Å². The fourth-order valence-corrected chi connectivity index (χ4v) is 4.79. The molecule has 0 radical (unpaired) electrons. The summed E-state index contributed by atoms with van der Waals surface area (Å²) in [4.78, 5) is 66.5. The van der Waals surface area contributed by atoms with E-state index in [1.54, 1.807) is 20.8 Å². The Morgan fingerprint density at radius 1 is 0.705 bits per heavy atom. The maximum Gasteiger partial charge on any atom is 0.308 e. The van der Waals surface area contributed by atoms with E-state index in [1.807, 2.05) is 37.4 Å². The van der Waals surface area contributed by atoms with Crippen LogP contribution in [0.25, 0.3) is 10.9 Å². The summed E-state index contributed by atoms with van der Waals surface area (Å²) in [5.74, 6) is -3.11. The van der Waals surface area contributed by atoms with Crippen molar-refractivity contribution in [2.45, 2.75) is 116 Å². The SMILES string of the molecule is CCCC(=O)OC[C@H]1O[C@@H](OC(=O)CCc2c[nH]c3ccccc23)[C@H](OC(=O)CCC)[C@@H](OC(=O)CCC)[C@@H]1OC(=O)CC. The van der Waals surface area contributed by atoms with E-state index >= 15 is 0 Å². The fraction of sp³-hybridized carbons (Fsp3) is 0.594. The van der Waals surface area contributed by atoms with Gasteiger partial charge in [0.2, 0.25) is 12.4 Å². The number of aromatic amines is 1. The number of hydrogen-bond donors (Lipinski definition) is 1. The Morgan fingerprint density at radius 3 is 1.95 bits per heavy atom. The number of carbonyl (C=O) groups is 5. The lowest BCUT2D eigenvalue weighted by atomic mass is 9.97. The number of esters is 5. The third kappa shape index (κ3) is 9.80. The molecule has 0 amide bonds. The average molecular weight is 618 g/mol. The Hall–Kier alpha value is -3.93. The predicted octanol–water partition coefficient (Wildman–Crippen LogP) is 4.46. The number of benzene rings is 1. The minimum Gasteiger partial charge on any atom is -0.463 e. The molecule has 12 heteroatoms. The zero-order chi connectivity index (χ0) is 32.1. The van der Waals surface area contributed by atoms with Crippen LogP contribution in [0.5, 0.6) is 0 Å². The lowest BCUT2D eigenvalue weighted by Crippen LogP contribution is -2.63. The Balaban J connectivity index is 1.91. The van der Waals surface area contributed by atoms with E-state index in [0.717, 1.165) is 16.5 Å². The van der Waals surface area contributed by atoms with E-state index in [1.165, 1.54) is 0 Å². The molecule has 3 rings (SSSR count). The first-order chi connectivity index (χ1) is 21.2. The van der Waals surface area contributed by atoms with Crippen LogP contribution in [0.3, 0.4) is 0 Å². The predicted molar refractivity (Wildman–Crippen MR) is 157 cm³/mol. The van der Waals surface area contributed by atoms with Gasteiger partial charge in [0.25, 0.3) is 0 Å². The maximum atomic E-state index is 13.2. The van der Waals surface area contributed by atoms with E-state index < -0.39 is 60.6 Å². The van der Waals surface area contributed by atoms with Crippen molar-refractivity contribution in [3.05, 3.63) is 36.0 Å². The van der Waals surface area contributed by atoms with Crippen molar-refractivity contribution >= 4 is 40.7 Å². The summed E-state index contributed by atoms with van der Waals surface area (Å²) >= 11 is 0. The molecular weight excluding hydrogens is 574 g/mol. The number of rotatable bonds is 16. The van der Waals surface area contributed by atoms with Crippen LogP contribution in [0.4, 0.5) is 0 Å². The molecule has 0 saturated carbocycles. The Kier molecular flexibility index (Phi) is 13.7. The first-order valence-corrected chi connectivity index (χ1v) is 15.3. The van der Waals surface area contributed by atoms with Gasteiger partial charge in [-0.05, 0) is 37.3 Å². The van der Waals surface area contributed by atoms with Crippen molar-refractivity contribution in [3.63, 3.8) is 0 Å². The van der Waals surface area contributed by atoms with Crippen LogP contribution in [0.1, 0.15) is 84.6 Å². The highest BCUT2D eigenvalue weighted by Gasteiger charge is 2.54. The van der Waals surface area contributed by atoms with E-state index in [0.29, 0.717) is 25.7 Å². The third-order valence-corrected chi connectivity index (χ3v) is 6.97. The topological polar surface area (TPSA) is 157 Å². The monoisotopic (exact) mass is 617 g/mol. The lowest BCUT2D eigenvalue weighted by Gasteiger charge is -2.44. The molecule has 0 spiro atoms. The first-order valence-electron chi connectivity index (χ1n) is 15.3. The smallest absolute Gasteiger partial charge is 0.308 e. The quantitative estimate of drug-likeness (QED) is 0.210. The van der Waals surface area contributed by atoms with Crippen LogP contribution in [0.15, 0.2) is 30.5 Å². The molecule has 12 nitrogen and oxygen atoms in total. The van der Waals surface area contributed by atoms with E-state index in [4.69, 9.17) is 28.4 Å². The van der Waals surface area contributed by atoms with Gasteiger partial charge in [0.1, 0.15) is 12.7 Å². The Morgan fingerprint density at radius 2 is 1.30 bits per heavy atom. The number of H-pyrrole nitrogens is 1. The summed E-state index contributed by atoms with van der Waals surface area (Å²) < 4.78 is 34.2. The molecule has 44 heavy (non-hydrogen) atoms. The number of ether oxygens (including phenoxy) is 6. The molecule has 2 heterocycles. The number of carbonyl (C=O) groups excluding carboxylic acids is 5. The Labute approximate surface area is 257 Å². The molecule has 1 aromatic carbocycles. The maximum absolute atomic E-state index is 13.2. The lowest BCUT2D eigenvalue weighted by molar-refractivity contribution is -0.301. The molecule has 0 bridgehead atoms. The minimum atomic E-state index is -1.54. The highest BCUT2D eigenvalue weighted by atomic mass is 16.7. The van der Waals surface area contributed by atoms with Crippen molar-refractivity contribution in [3.8, 4) is 0 Å². The van der Waals surface area contributed by atoms with Gasteiger partial charge in [-0.2, -0.15) is 0 Å². The third-order valence-electron chi connectivity index (χ3n) is 6.97. The van der Waals surface area contributed by atoms with E-state index in [9.17, 15) is 24.0 Å². The largest absolute Gasteiger partial charge is 0.463 e. The van der Waals surface area contributed by atoms with Gasteiger partial charge in [0, 0.05) is 49.2 Å². The highest BCUT2D eigenvalue weighted by molar-refractivity contribution is 5.83. The molecule has 1 saturated heterocycles. The van der Waals surface area contributed by atoms with E-state index in [-0.39, 0.29) is 38.7 Å². The molecular formula is C32H43NO11. The number of hydrogen-bond acceptors (Lipinski definition) is 11. The second-order valence-electron chi connectivity index (χ2n) is 10.5. The highest BCUT2D eigenvalue weighted by Crippen LogP contribution is 2.31. The molecule has 0 aliphatic carbocycles. The average Bonchev–Trinajstić information content (AvgIpc) is 3.41. The number of fused-ring (bicyclic) bond motifs is 1. The van der Waals surface area contributed by atoms with Gasteiger partial charge in [0.05, 0.1) is 0 Å². The van der Waals surface area contributed by atoms with Crippen LogP contribution in [-0.2, 0) is 58.8 Å². The van der Waals surface area contributed by atoms with E-state index in [2.05, 4.69) is 4.98 Å². The minimum absolute atomic E-state index is 0.0129. The van der Waals surface area contributed by atoms with Crippen LogP contribution < -0.4 is 0 Å². The summed E-state index contributed by atoms with van der Waals surface area (Å²) in [5, 5.41) is 0.970. The van der Waals surface area contributed by atoms with Crippen LogP contribution in [0.2, 0.25) is 0 Å². The summed E-state index contributed by atoms with van der Waals surface area (Å²) in [6.45, 7) is 6.58. The molecule has 1 aromatic heterocycles. The number of para-hydroxylation sites is 1. The standard InChI is InChI=1S/C32H43NO11/c1-5-11-25(35)39-19-23-29(41-24(34)8-4)30(42-26(36)12-6-2)31(43-27(37)13-7-3)32(40-23)44-28(38)17-16-20-18-33-22-15-10-9-14-21(20)22/h9-10,14-15,18,23,29-33H,5-8,11-13,16-17,19H2,1-4H3/t23-,29-,30+,31-,32+/m1/s1. The molecule has 5 atom stereocenters. The van der Waals surface area contributed by atoms with Gasteiger partial charge in [-0.1, -0.05) is 45.9 Å². The molecule has 1 N–H and O–H groups in total. The normalized spacial score (nSPS) is 21.3. The summed E-state index contributed by atoms with van der Waals surface area (Å²) in [6.07, 6.45) is -3.12. The van der Waals surface area contributed by atoms with Crippen LogP contribution in [-0.4, -0.2) is 72.1 Å². The second kappa shape index (κ2) is 17.4. The van der Waals surface area contributed by atoms with Crippen molar-refractivity contribution < 1.29 is 52.4 Å². The summed E-state index contributed by atoms with van der Waals surface area (Å²) in [5.41, 5.74) is 1.84. The Bertz CT molecular complexity index is 1270. The molecule has 1 aliphatic rings. The van der Waals surface area contributed by atoms with Crippen molar-refractivity contribution in [1.82, 2.24) is 4.98 Å². The van der Waals surface area contributed by atoms with Gasteiger partial charge in [0.15, 0.2) is 12.2 Å². The molecule has 1 aliphatic heterocycles. The fourth-order valence-electron chi connectivity index (χ4n) is 4.79. The van der Waals surface area contributed by atoms with Crippen LogP contribution in [0, 0.1) is 0 Å². The van der Waals surface area contributed by atoms with Crippen molar-refractivity contribution in [1.29, 1.82) is 0 Å². The number of aromatic nitrogens is 1. The number of aryl methyl sites for hydroxylation is 1. The van der Waals surface area contributed by atoms with Crippen molar-refractivity contribution in [2.75, 3.05) is 6.61 Å². The second-order valence-corrected chi connectivity index (χ2v) is 10.5. The first kappa shape index (κ1) is 34.6. The number of nitrogens with one attached hydrogen (secondary N) is 1. The summed E-state index contributed by atoms with van der Waals surface area (Å²) in [6, 6.07) is 7.68. The van der Waals surface area contributed by atoms with Gasteiger partial charge in [-0.3, -0.25) is 24.0 Å². The molecule has 1 fully saturated rings. The van der Waals surface area contributed by atoms with Gasteiger partial charge in [-0.25, -0.2) is 0 Å². The van der Waals surface area contributed by atoms with Gasteiger partial charge in [-0.15, -0.1) is 0 Å². The zero-order valence-electron chi connectivity index (χ0n) is 25.8. The summed E-state index contributed by atoms with van der Waals surface area (Å²) in [7, 11) is 0.